The lowest BCUT2D eigenvalue weighted by molar-refractivity contribution is -0.143. The van der Waals surface area contributed by atoms with Gasteiger partial charge in [-0.3, -0.25) is 19.2 Å². The van der Waals surface area contributed by atoms with Gasteiger partial charge in [0.25, 0.3) is 5.91 Å². The Bertz CT molecular complexity index is 1360. The molecule has 0 radical (unpaired) electrons. The number of ketones is 1. The second-order valence-corrected chi connectivity index (χ2v) is 16.1. The third kappa shape index (κ3) is 8.88. The average Bonchev–Trinajstić information content (AvgIpc) is 3.46. The molecule has 4 fully saturated rings. The molecule has 264 valence electrons. The van der Waals surface area contributed by atoms with E-state index in [1.54, 1.807) is 23.1 Å². The predicted octanol–water partition coefficient (Wildman–Crippen LogP) is 4.10. The van der Waals surface area contributed by atoms with Crippen molar-refractivity contribution in [1.82, 2.24) is 20.9 Å². The van der Waals surface area contributed by atoms with E-state index < -0.39 is 52.7 Å². The highest BCUT2D eigenvalue weighted by molar-refractivity contribution is 6.37. The summed E-state index contributed by atoms with van der Waals surface area (Å²) in [7, 11) is 0. The number of carbonyl (C=O) groups is 5. The molecule has 1 unspecified atom stereocenters. The van der Waals surface area contributed by atoms with Gasteiger partial charge in [-0.2, -0.15) is 0 Å². The first-order valence-corrected chi connectivity index (χ1v) is 18.1. The van der Waals surface area contributed by atoms with Crippen LogP contribution in [-0.2, 0) is 25.6 Å². The molecule has 0 aromatic heterocycles. The summed E-state index contributed by atoms with van der Waals surface area (Å²) in [6, 6.07) is 3.91. The number of phenols is 1. The van der Waals surface area contributed by atoms with E-state index in [1.807, 2.05) is 26.8 Å². The number of nitrogens with one attached hydrogen (secondary N) is 3. The van der Waals surface area contributed by atoms with Gasteiger partial charge in [0.2, 0.25) is 17.6 Å². The van der Waals surface area contributed by atoms with Crippen molar-refractivity contribution >= 4 is 29.5 Å². The van der Waals surface area contributed by atoms with Crippen LogP contribution in [0.15, 0.2) is 24.3 Å². The summed E-state index contributed by atoms with van der Waals surface area (Å²) in [5, 5.41) is 19.1. The molecule has 3 saturated carbocycles. The minimum atomic E-state index is -1.08. The van der Waals surface area contributed by atoms with Gasteiger partial charge in [-0.25, -0.2) is 4.79 Å². The quantitative estimate of drug-likeness (QED) is 0.211. The van der Waals surface area contributed by atoms with Gasteiger partial charge in [0.1, 0.15) is 17.8 Å². The van der Waals surface area contributed by atoms with Crippen molar-refractivity contribution in [3.63, 3.8) is 0 Å². The molecule has 11 heteroatoms. The lowest BCUT2D eigenvalue weighted by Gasteiger charge is -2.40. The number of benzene rings is 1. The van der Waals surface area contributed by atoms with Crippen molar-refractivity contribution in [2.45, 2.75) is 134 Å². The van der Waals surface area contributed by atoms with Crippen LogP contribution >= 0.6 is 0 Å². The molecule has 1 heterocycles. The molecule has 1 saturated heterocycles. The van der Waals surface area contributed by atoms with Crippen LogP contribution in [0.2, 0.25) is 0 Å². The smallest absolute Gasteiger partial charge is 0.315 e. The summed E-state index contributed by atoms with van der Waals surface area (Å²) in [4.78, 5) is 68.4. The van der Waals surface area contributed by atoms with E-state index in [1.165, 1.54) is 0 Å². The summed E-state index contributed by atoms with van der Waals surface area (Å²) in [5.41, 5.74) is 5.07. The summed E-state index contributed by atoms with van der Waals surface area (Å²) >= 11 is 0. The van der Waals surface area contributed by atoms with Crippen LogP contribution in [-0.4, -0.2) is 69.8 Å². The first-order valence-electron chi connectivity index (χ1n) is 18.1. The fourth-order valence-corrected chi connectivity index (χ4v) is 8.34. The number of hydrogen-bond donors (Lipinski definition) is 5. The van der Waals surface area contributed by atoms with Gasteiger partial charge < -0.3 is 31.7 Å². The second-order valence-electron chi connectivity index (χ2n) is 16.1. The number of aromatic hydroxyl groups is 1. The average molecular weight is 666 g/mol. The standard InChI is InChI=1S/C37H55N5O6/c1-36(2,3)31(40-35(48)41-37(16-7-4-8-17-37)21-24-10-9-13-27(43)18-24)34(47)42-22-26(25-11-5-6-12-25)20-29(42)33(46)39-28(19-23-14-15-23)30(44)32(38)45/h9-10,13,18,23,25-26,28-29,31,43H,4-8,11-12,14-17,19-22H2,1-3H3,(H2,38,45)(H,39,46)(H2,40,41,48)/t26-,28?,29+,31-/m1/s1. The van der Waals surface area contributed by atoms with E-state index in [0.717, 1.165) is 76.2 Å². The Hall–Kier alpha value is -3.63. The molecular formula is C37H55N5O6. The first kappa shape index (κ1) is 35.7. The Morgan fingerprint density at radius 1 is 0.958 bits per heavy atom. The number of hydrogen-bond acceptors (Lipinski definition) is 6. The second kappa shape index (κ2) is 14.9. The number of amides is 5. The summed E-state index contributed by atoms with van der Waals surface area (Å²) in [6.45, 7) is 6.09. The molecule has 3 aliphatic carbocycles. The Morgan fingerprint density at radius 2 is 1.65 bits per heavy atom. The van der Waals surface area contributed by atoms with Crippen molar-refractivity contribution in [3.05, 3.63) is 29.8 Å². The molecule has 48 heavy (non-hydrogen) atoms. The number of phenolic OH excluding ortho intramolecular Hbond substituents is 1. The van der Waals surface area contributed by atoms with E-state index in [0.29, 0.717) is 31.7 Å². The lowest BCUT2D eigenvalue weighted by Crippen LogP contribution is -2.62. The van der Waals surface area contributed by atoms with Crippen LogP contribution in [0.25, 0.3) is 0 Å². The van der Waals surface area contributed by atoms with E-state index in [-0.39, 0.29) is 23.5 Å². The molecule has 4 aliphatic rings. The van der Waals surface area contributed by atoms with E-state index in [4.69, 9.17) is 5.73 Å². The van der Waals surface area contributed by atoms with Crippen LogP contribution in [0.1, 0.15) is 110 Å². The minimum absolute atomic E-state index is 0.128. The van der Waals surface area contributed by atoms with Crippen LogP contribution in [0.3, 0.4) is 0 Å². The van der Waals surface area contributed by atoms with Gasteiger partial charge in [-0.1, -0.05) is 90.7 Å². The molecule has 5 rings (SSSR count). The van der Waals surface area contributed by atoms with Crippen LogP contribution in [0.5, 0.6) is 5.75 Å². The Kier molecular flexibility index (Phi) is 11.0. The molecule has 1 aromatic carbocycles. The summed E-state index contributed by atoms with van der Waals surface area (Å²) in [6.07, 6.45) is 12.2. The monoisotopic (exact) mass is 665 g/mol. The number of likely N-dealkylation sites (tertiary alicyclic amines) is 1. The molecular weight excluding hydrogens is 610 g/mol. The summed E-state index contributed by atoms with van der Waals surface area (Å²) in [5.74, 6) is -1.70. The third-order valence-electron chi connectivity index (χ3n) is 11.2. The number of nitrogens with zero attached hydrogens (tertiary/aromatic N) is 1. The van der Waals surface area contributed by atoms with Gasteiger partial charge in [0.15, 0.2) is 0 Å². The molecule has 0 bridgehead atoms. The molecule has 1 aromatic rings. The third-order valence-corrected chi connectivity index (χ3v) is 11.2. The topological polar surface area (TPSA) is 171 Å². The van der Waals surface area contributed by atoms with E-state index in [2.05, 4.69) is 16.0 Å². The first-order chi connectivity index (χ1) is 22.7. The number of nitrogens with two attached hydrogens (primary N) is 1. The SMILES string of the molecule is CC(C)(C)[C@H](NC(=O)NC1(Cc2cccc(O)c2)CCCCC1)C(=O)N1C[C@H](C2CCCC2)C[C@H]1C(=O)NC(CC1CC1)C(=O)C(N)=O. The van der Waals surface area contributed by atoms with Crippen molar-refractivity contribution in [2.75, 3.05) is 6.54 Å². The van der Waals surface area contributed by atoms with Crippen molar-refractivity contribution in [2.24, 2.45) is 28.9 Å². The molecule has 5 amide bonds. The largest absolute Gasteiger partial charge is 0.508 e. The normalized spacial score (nSPS) is 24.0. The van der Waals surface area contributed by atoms with E-state index in [9.17, 15) is 29.1 Å². The van der Waals surface area contributed by atoms with Gasteiger partial charge in [-0.05, 0) is 73.0 Å². The summed E-state index contributed by atoms with van der Waals surface area (Å²) < 4.78 is 0. The number of carbonyl (C=O) groups excluding carboxylic acids is 5. The van der Waals surface area contributed by atoms with Crippen molar-refractivity contribution in [1.29, 1.82) is 0 Å². The maximum atomic E-state index is 14.6. The minimum Gasteiger partial charge on any atom is -0.508 e. The molecule has 4 atom stereocenters. The zero-order valence-corrected chi connectivity index (χ0v) is 28.9. The highest BCUT2D eigenvalue weighted by Crippen LogP contribution is 2.40. The highest BCUT2D eigenvalue weighted by Gasteiger charge is 2.48. The number of primary amides is 1. The van der Waals surface area contributed by atoms with Gasteiger partial charge in [0, 0.05) is 12.1 Å². The maximum absolute atomic E-state index is 14.6. The van der Waals surface area contributed by atoms with Gasteiger partial charge in [-0.15, -0.1) is 0 Å². The number of rotatable bonds is 12. The molecule has 1 aliphatic heterocycles. The fraction of sp³-hybridized carbons (Fsp3) is 0.703. The molecule has 11 nitrogen and oxygen atoms in total. The zero-order chi connectivity index (χ0) is 34.6. The van der Waals surface area contributed by atoms with Crippen LogP contribution in [0.4, 0.5) is 4.79 Å². The van der Waals surface area contributed by atoms with Crippen LogP contribution in [0, 0.1) is 23.2 Å². The maximum Gasteiger partial charge on any atom is 0.315 e. The molecule has 0 spiro atoms. The predicted molar refractivity (Wildman–Crippen MR) is 182 cm³/mol. The Balaban J connectivity index is 1.35. The van der Waals surface area contributed by atoms with Crippen molar-refractivity contribution in [3.8, 4) is 5.75 Å². The zero-order valence-electron chi connectivity index (χ0n) is 28.9. The van der Waals surface area contributed by atoms with Crippen LogP contribution < -0.4 is 21.7 Å². The Morgan fingerprint density at radius 3 is 2.25 bits per heavy atom. The fourth-order valence-electron chi connectivity index (χ4n) is 8.34. The number of urea groups is 1. The van der Waals surface area contributed by atoms with Gasteiger partial charge >= 0.3 is 6.03 Å². The lowest BCUT2D eigenvalue weighted by atomic mass is 9.77. The van der Waals surface area contributed by atoms with Gasteiger partial charge in [0.05, 0.1) is 6.04 Å². The Labute approximate surface area is 284 Å². The van der Waals surface area contributed by atoms with Crippen molar-refractivity contribution < 1.29 is 29.1 Å². The number of Topliss-reactive ketones (excluding diaryl/α,β-unsaturated/α-hetero) is 1. The van der Waals surface area contributed by atoms with E-state index >= 15 is 0 Å². The molecule has 6 N–H and O–H groups in total. The highest BCUT2D eigenvalue weighted by atomic mass is 16.3.